The molecule has 0 aromatic heterocycles. The van der Waals surface area contributed by atoms with Crippen LogP contribution in [-0.4, -0.2) is 25.3 Å². The van der Waals surface area contributed by atoms with Crippen LogP contribution in [0.25, 0.3) is 0 Å². The van der Waals surface area contributed by atoms with Crippen molar-refractivity contribution in [1.29, 1.82) is 0 Å². The van der Waals surface area contributed by atoms with E-state index in [0.29, 0.717) is 25.2 Å². The van der Waals surface area contributed by atoms with Crippen molar-refractivity contribution >= 4 is 6.03 Å². The van der Waals surface area contributed by atoms with Crippen molar-refractivity contribution in [2.75, 3.05) is 13.2 Å². The Morgan fingerprint density at radius 2 is 1.78 bits per heavy atom. The minimum atomic E-state index is -0.0383. The molecule has 2 saturated carbocycles. The highest BCUT2D eigenvalue weighted by Gasteiger charge is 2.34. The molecular formula is C18H24N2O3. The minimum absolute atomic E-state index is 0.0383. The van der Waals surface area contributed by atoms with E-state index in [9.17, 15) is 4.79 Å². The summed E-state index contributed by atoms with van der Waals surface area (Å²) >= 11 is 0. The third kappa shape index (κ3) is 3.38. The second kappa shape index (κ2) is 6.30. The topological polar surface area (TPSA) is 59.6 Å². The van der Waals surface area contributed by atoms with Crippen LogP contribution in [-0.2, 0) is 0 Å². The molecule has 1 atom stereocenters. The van der Waals surface area contributed by atoms with E-state index in [-0.39, 0.29) is 12.1 Å². The molecule has 3 aliphatic rings. The first-order valence-electron chi connectivity index (χ1n) is 8.76. The minimum Gasteiger partial charge on any atom is -0.486 e. The molecule has 124 valence electrons. The van der Waals surface area contributed by atoms with Crippen molar-refractivity contribution in [1.82, 2.24) is 10.6 Å². The molecule has 2 N–H and O–H groups in total. The molecule has 4 rings (SSSR count). The third-order valence-electron chi connectivity index (χ3n) is 5.00. The Kier molecular flexibility index (Phi) is 4.02. The van der Waals surface area contributed by atoms with Gasteiger partial charge in [-0.05, 0) is 49.3 Å². The highest BCUT2D eigenvalue weighted by atomic mass is 16.6. The van der Waals surface area contributed by atoms with Gasteiger partial charge >= 0.3 is 6.03 Å². The SMILES string of the molecule is O=C(NC1CCCC1)N[C@H](c1ccc2c(c1)OCCO2)C1CC1. The van der Waals surface area contributed by atoms with Crippen molar-refractivity contribution in [2.45, 2.75) is 50.6 Å². The van der Waals surface area contributed by atoms with Crippen LogP contribution >= 0.6 is 0 Å². The van der Waals surface area contributed by atoms with Crippen LogP contribution in [0.1, 0.15) is 50.1 Å². The molecule has 0 saturated heterocycles. The van der Waals surface area contributed by atoms with Gasteiger partial charge in [0.15, 0.2) is 11.5 Å². The number of hydrogen-bond acceptors (Lipinski definition) is 3. The number of urea groups is 1. The molecule has 1 aromatic carbocycles. The molecule has 5 nitrogen and oxygen atoms in total. The third-order valence-corrected chi connectivity index (χ3v) is 5.00. The lowest BCUT2D eigenvalue weighted by Crippen LogP contribution is -2.43. The molecule has 23 heavy (non-hydrogen) atoms. The fraction of sp³-hybridized carbons (Fsp3) is 0.611. The lowest BCUT2D eigenvalue weighted by Gasteiger charge is -2.24. The van der Waals surface area contributed by atoms with E-state index >= 15 is 0 Å². The first kappa shape index (κ1) is 14.7. The van der Waals surface area contributed by atoms with Crippen LogP contribution in [0.3, 0.4) is 0 Å². The largest absolute Gasteiger partial charge is 0.486 e. The average Bonchev–Trinajstić information content (AvgIpc) is 3.29. The fourth-order valence-corrected chi connectivity index (χ4v) is 3.59. The van der Waals surface area contributed by atoms with Gasteiger partial charge in [0.25, 0.3) is 0 Å². The van der Waals surface area contributed by atoms with Gasteiger partial charge in [-0.3, -0.25) is 0 Å². The van der Waals surface area contributed by atoms with E-state index < -0.39 is 0 Å². The van der Waals surface area contributed by atoms with E-state index in [2.05, 4.69) is 10.6 Å². The lowest BCUT2D eigenvalue weighted by molar-refractivity contribution is 0.171. The highest BCUT2D eigenvalue weighted by Crippen LogP contribution is 2.43. The van der Waals surface area contributed by atoms with Crippen LogP contribution in [0.15, 0.2) is 18.2 Å². The number of hydrogen-bond donors (Lipinski definition) is 2. The second-order valence-corrected chi connectivity index (χ2v) is 6.82. The number of rotatable bonds is 4. The predicted molar refractivity (Wildman–Crippen MR) is 86.8 cm³/mol. The summed E-state index contributed by atoms with van der Waals surface area (Å²) in [6, 6.07) is 6.39. The maximum Gasteiger partial charge on any atom is 0.315 e. The summed E-state index contributed by atoms with van der Waals surface area (Å²) in [6.45, 7) is 1.18. The molecule has 1 aromatic rings. The normalized spacial score (nSPS) is 21.7. The average molecular weight is 316 g/mol. The van der Waals surface area contributed by atoms with Gasteiger partial charge in [-0.15, -0.1) is 0 Å². The zero-order valence-electron chi connectivity index (χ0n) is 13.3. The Morgan fingerprint density at radius 1 is 1.04 bits per heavy atom. The highest BCUT2D eigenvalue weighted by molar-refractivity contribution is 5.75. The summed E-state index contributed by atoms with van der Waals surface area (Å²) in [6.07, 6.45) is 6.99. The molecule has 2 amide bonds. The van der Waals surface area contributed by atoms with Gasteiger partial charge in [0.2, 0.25) is 0 Å². The summed E-state index contributed by atoms with van der Waals surface area (Å²) in [5, 5.41) is 6.30. The molecular weight excluding hydrogens is 292 g/mol. The lowest BCUT2D eigenvalue weighted by atomic mass is 10.0. The molecule has 2 aliphatic carbocycles. The molecule has 0 radical (unpaired) electrons. The first-order valence-corrected chi connectivity index (χ1v) is 8.76. The van der Waals surface area contributed by atoms with Crippen molar-refractivity contribution in [3.63, 3.8) is 0 Å². The fourth-order valence-electron chi connectivity index (χ4n) is 3.59. The Balaban J connectivity index is 1.46. The van der Waals surface area contributed by atoms with Gasteiger partial charge in [-0.2, -0.15) is 0 Å². The molecule has 1 heterocycles. The monoisotopic (exact) mass is 316 g/mol. The van der Waals surface area contributed by atoms with Gasteiger partial charge in [0.05, 0.1) is 6.04 Å². The maximum absolute atomic E-state index is 12.3. The molecule has 5 heteroatoms. The van der Waals surface area contributed by atoms with Gasteiger partial charge in [0, 0.05) is 6.04 Å². The van der Waals surface area contributed by atoms with E-state index in [0.717, 1.165) is 29.9 Å². The van der Waals surface area contributed by atoms with Crippen molar-refractivity contribution in [3.8, 4) is 11.5 Å². The van der Waals surface area contributed by atoms with Gasteiger partial charge in [-0.1, -0.05) is 18.9 Å². The Bertz CT molecular complexity index is 580. The van der Waals surface area contributed by atoms with E-state index in [4.69, 9.17) is 9.47 Å². The van der Waals surface area contributed by atoms with Crippen LogP contribution in [0.4, 0.5) is 4.79 Å². The van der Waals surface area contributed by atoms with E-state index in [1.807, 2.05) is 18.2 Å². The van der Waals surface area contributed by atoms with Gasteiger partial charge in [0.1, 0.15) is 13.2 Å². The van der Waals surface area contributed by atoms with Gasteiger partial charge < -0.3 is 20.1 Å². The number of ether oxygens (including phenoxy) is 2. The molecule has 2 fully saturated rings. The molecule has 1 aliphatic heterocycles. The first-order chi connectivity index (χ1) is 11.3. The zero-order valence-corrected chi connectivity index (χ0v) is 13.3. The smallest absolute Gasteiger partial charge is 0.315 e. The van der Waals surface area contributed by atoms with Crippen LogP contribution < -0.4 is 20.1 Å². The number of benzene rings is 1. The number of fused-ring (bicyclic) bond motifs is 1. The maximum atomic E-state index is 12.3. The van der Waals surface area contributed by atoms with Crippen LogP contribution in [0, 0.1) is 5.92 Å². The summed E-state index contributed by atoms with van der Waals surface area (Å²) in [5.41, 5.74) is 1.11. The molecule has 0 bridgehead atoms. The second-order valence-electron chi connectivity index (χ2n) is 6.82. The summed E-state index contributed by atoms with van der Waals surface area (Å²) in [7, 11) is 0. The van der Waals surface area contributed by atoms with Crippen molar-refractivity contribution in [3.05, 3.63) is 23.8 Å². The summed E-state index contributed by atoms with van der Waals surface area (Å²) in [5.74, 6) is 2.12. The summed E-state index contributed by atoms with van der Waals surface area (Å²) < 4.78 is 11.3. The van der Waals surface area contributed by atoms with Crippen LogP contribution in [0.2, 0.25) is 0 Å². The quantitative estimate of drug-likeness (QED) is 0.897. The molecule has 0 unspecified atom stereocenters. The van der Waals surface area contributed by atoms with Crippen molar-refractivity contribution in [2.24, 2.45) is 5.92 Å². The Hall–Kier alpha value is -1.91. The Labute approximate surface area is 136 Å². The number of carbonyl (C=O) groups excluding carboxylic acids is 1. The van der Waals surface area contributed by atoms with Crippen molar-refractivity contribution < 1.29 is 14.3 Å². The Morgan fingerprint density at radius 3 is 2.52 bits per heavy atom. The predicted octanol–water partition coefficient (Wildman–Crippen LogP) is 3.15. The van der Waals surface area contributed by atoms with E-state index in [1.165, 1.54) is 25.7 Å². The summed E-state index contributed by atoms with van der Waals surface area (Å²) in [4.78, 5) is 12.3. The standard InChI is InChI=1S/C18H24N2O3/c21-18(19-14-3-1-2-4-14)20-17(12-5-6-12)13-7-8-15-16(11-13)23-10-9-22-15/h7-8,11-12,14,17H,1-6,9-10H2,(H2,19,20,21)/t17-/m0/s1. The van der Waals surface area contributed by atoms with E-state index in [1.54, 1.807) is 0 Å². The number of nitrogens with one attached hydrogen (secondary N) is 2. The molecule has 0 spiro atoms. The van der Waals surface area contributed by atoms with Gasteiger partial charge in [-0.25, -0.2) is 4.79 Å². The zero-order chi connectivity index (χ0) is 15.6. The number of carbonyl (C=O) groups is 1. The van der Waals surface area contributed by atoms with Crippen LogP contribution in [0.5, 0.6) is 11.5 Å². The number of amides is 2.